The number of ether oxygens (including phenoxy) is 1. The number of carboxylic acid groups (broad SMARTS) is 1. The first-order chi connectivity index (χ1) is 11.4. The highest BCUT2D eigenvalue weighted by atomic mass is 35.5. The number of likely N-dealkylation sites (tertiary alicyclic amines) is 1. The monoisotopic (exact) mass is 371 g/mol. The first-order valence-corrected chi connectivity index (χ1v) is 8.67. The van der Waals surface area contributed by atoms with E-state index in [1.54, 1.807) is 18.1 Å². The number of rotatable bonds is 5. The summed E-state index contributed by atoms with van der Waals surface area (Å²) in [5.74, 6) is -1.02. The van der Waals surface area contributed by atoms with E-state index in [9.17, 15) is 9.59 Å². The van der Waals surface area contributed by atoms with E-state index in [2.05, 4.69) is 0 Å². The summed E-state index contributed by atoms with van der Waals surface area (Å²) in [6, 6.07) is 5.13. The lowest BCUT2D eigenvalue weighted by atomic mass is 10.1. The average Bonchev–Trinajstić information content (AvgIpc) is 3.23. The third-order valence-corrected chi connectivity index (χ3v) is 5.72. The second kappa shape index (κ2) is 6.90. The van der Waals surface area contributed by atoms with E-state index in [0.717, 1.165) is 5.56 Å². The van der Waals surface area contributed by atoms with Crippen LogP contribution in [0.1, 0.15) is 30.7 Å². The van der Waals surface area contributed by atoms with Gasteiger partial charge >= 0.3 is 5.97 Å². The molecular weight excluding hydrogens is 353 g/mol. The summed E-state index contributed by atoms with van der Waals surface area (Å²) >= 11 is 12.3. The molecule has 0 spiro atoms. The zero-order chi connectivity index (χ0) is 17.4. The number of amides is 1. The van der Waals surface area contributed by atoms with Crippen LogP contribution in [0.5, 0.6) is 0 Å². The summed E-state index contributed by atoms with van der Waals surface area (Å²) in [6.07, 6.45) is 1.11. The summed E-state index contributed by atoms with van der Waals surface area (Å²) < 4.78 is 5.32. The number of hydrogen-bond acceptors (Lipinski definition) is 3. The molecule has 1 N–H and O–H groups in total. The second-order valence-corrected chi connectivity index (χ2v) is 7.21. The van der Waals surface area contributed by atoms with Gasteiger partial charge in [0.05, 0.1) is 22.6 Å². The molecule has 5 nitrogen and oxygen atoms in total. The van der Waals surface area contributed by atoms with Crippen molar-refractivity contribution < 1.29 is 19.4 Å². The molecule has 1 aliphatic heterocycles. The highest BCUT2D eigenvalue weighted by Gasteiger charge is 2.49. The number of aliphatic carboxylic acids is 1. The van der Waals surface area contributed by atoms with Crippen molar-refractivity contribution in [1.29, 1.82) is 0 Å². The Morgan fingerprint density at radius 1 is 1.33 bits per heavy atom. The molecule has 0 radical (unpaired) electrons. The summed E-state index contributed by atoms with van der Waals surface area (Å²) in [4.78, 5) is 25.6. The summed E-state index contributed by atoms with van der Waals surface area (Å²) in [6.45, 7) is 0.444. The van der Waals surface area contributed by atoms with Gasteiger partial charge < -0.3 is 14.7 Å². The highest BCUT2D eigenvalue weighted by molar-refractivity contribution is 6.42. The minimum Gasteiger partial charge on any atom is -0.481 e. The molecular formula is C17H19Cl2NO4. The van der Waals surface area contributed by atoms with Crippen molar-refractivity contribution in [3.8, 4) is 0 Å². The van der Waals surface area contributed by atoms with E-state index in [0.29, 0.717) is 29.4 Å². The SMILES string of the molecule is COC1CC(CC(=O)O)N(C(=O)C2CC2c2cccc(Cl)c2Cl)C1. The number of methoxy groups -OCH3 is 1. The highest BCUT2D eigenvalue weighted by Crippen LogP contribution is 2.52. The molecule has 2 aliphatic rings. The molecule has 4 atom stereocenters. The van der Waals surface area contributed by atoms with Gasteiger partial charge in [-0.15, -0.1) is 0 Å². The average molecular weight is 372 g/mol. The van der Waals surface area contributed by atoms with Gasteiger partial charge in [-0.3, -0.25) is 9.59 Å². The minimum absolute atomic E-state index is 0.0122. The smallest absolute Gasteiger partial charge is 0.305 e. The van der Waals surface area contributed by atoms with Gasteiger partial charge in [0.15, 0.2) is 0 Å². The molecule has 1 aliphatic carbocycles. The molecule has 1 saturated carbocycles. The normalized spacial score (nSPS) is 28.9. The molecule has 0 bridgehead atoms. The molecule has 2 fully saturated rings. The largest absolute Gasteiger partial charge is 0.481 e. The van der Waals surface area contributed by atoms with E-state index in [1.807, 2.05) is 12.1 Å². The van der Waals surface area contributed by atoms with Crippen molar-refractivity contribution in [3.63, 3.8) is 0 Å². The van der Waals surface area contributed by atoms with Crippen LogP contribution in [0, 0.1) is 5.92 Å². The molecule has 1 amide bonds. The van der Waals surface area contributed by atoms with Gasteiger partial charge in [-0.25, -0.2) is 0 Å². The Labute approximate surface area is 150 Å². The molecule has 3 rings (SSSR count). The predicted octanol–water partition coefficient (Wildman–Crippen LogP) is 3.19. The zero-order valence-electron chi connectivity index (χ0n) is 13.2. The molecule has 4 unspecified atom stereocenters. The quantitative estimate of drug-likeness (QED) is 0.862. The fourth-order valence-electron chi connectivity index (χ4n) is 3.54. The Balaban J connectivity index is 1.72. The van der Waals surface area contributed by atoms with E-state index in [1.165, 1.54) is 0 Å². The number of carboxylic acids is 1. The Morgan fingerprint density at radius 3 is 2.75 bits per heavy atom. The molecule has 0 aromatic heterocycles. The van der Waals surface area contributed by atoms with Gasteiger partial charge in [0.25, 0.3) is 0 Å². The van der Waals surface area contributed by atoms with Crippen molar-refractivity contribution in [2.45, 2.75) is 37.3 Å². The van der Waals surface area contributed by atoms with Crippen LogP contribution in [0.25, 0.3) is 0 Å². The van der Waals surface area contributed by atoms with Crippen LogP contribution in [0.15, 0.2) is 18.2 Å². The van der Waals surface area contributed by atoms with Crippen molar-refractivity contribution in [1.82, 2.24) is 4.90 Å². The Bertz CT molecular complexity index is 666. The van der Waals surface area contributed by atoms with Gasteiger partial charge in [-0.1, -0.05) is 35.3 Å². The fourth-order valence-corrected chi connectivity index (χ4v) is 3.99. The Kier molecular flexibility index (Phi) is 5.04. The third-order valence-electron chi connectivity index (χ3n) is 4.89. The maximum absolute atomic E-state index is 12.8. The Hall–Kier alpha value is -1.30. The standard InChI is InChI=1S/C17H19Cl2NO4/c1-24-10-5-9(6-15(21)22)20(8-10)17(23)13-7-12(13)11-3-2-4-14(18)16(11)19/h2-4,9-10,12-13H,5-8H2,1H3,(H,21,22). The van der Waals surface area contributed by atoms with Crippen molar-refractivity contribution in [2.75, 3.05) is 13.7 Å². The van der Waals surface area contributed by atoms with Crippen LogP contribution in [-0.2, 0) is 14.3 Å². The minimum atomic E-state index is -0.903. The molecule has 1 aromatic carbocycles. The van der Waals surface area contributed by atoms with Gasteiger partial charge in [0.2, 0.25) is 5.91 Å². The Morgan fingerprint density at radius 2 is 2.08 bits per heavy atom. The molecule has 1 heterocycles. The fraction of sp³-hybridized carbons (Fsp3) is 0.529. The second-order valence-electron chi connectivity index (χ2n) is 6.43. The van der Waals surface area contributed by atoms with E-state index in [-0.39, 0.29) is 36.3 Å². The van der Waals surface area contributed by atoms with Crippen LogP contribution < -0.4 is 0 Å². The number of halogens is 2. The van der Waals surface area contributed by atoms with Crippen LogP contribution in [0.4, 0.5) is 0 Å². The first-order valence-electron chi connectivity index (χ1n) is 7.91. The molecule has 1 aromatic rings. The van der Waals surface area contributed by atoms with Crippen molar-refractivity contribution in [2.24, 2.45) is 5.92 Å². The third kappa shape index (κ3) is 3.39. The summed E-state index contributed by atoms with van der Waals surface area (Å²) in [5, 5.41) is 10.1. The van der Waals surface area contributed by atoms with E-state index < -0.39 is 5.97 Å². The zero-order valence-corrected chi connectivity index (χ0v) is 14.8. The lowest BCUT2D eigenvalue weighted by Gasteiger charge is -2.23. The van der Waals surface area contributed by atoms with E-state index in [4.69, 9.17) is 33.0 Å². The molecule has 1 saturated heterocycles. The molecule has 7 heteroatoms. The van der Waals surface area contributed by atoms with Gasteiger partial charge in [-0.05, 0) is 30.4 Å². The van der Waals surface area contributed by atoms with Crippen LogP contribution in [0.2, 0.25) is 10.0 Å². The topological polar surface area (TPSA) is 66.8 Å². The van der Waals surface area contributed by atoms with Crippen molar-refractivity contribution in [3.05, 3.63) is 33.8 Å². The number of carbonyl (C=O) groups is 2. The lowest BCUT2D eigenvalue weighted by Crippen LogP contribution is -2.38. The first kappa shape index (κ1) is 17.5. The van der Waals surface area contributed by atoms with Crippen LogP contribution in [-0.4, -0.2) is 47.7 Å². The van der Waals surface area contributed by atoms with Crippen LogP contribution >= 0.6 is 23.2 Å². The number of benzene rings is 1. The van der Waals surface area contributed by atoms with E-state index >= 15 is 0 Å². The predicted molar refractivity (Wildman–Crippen MR) is 90.5 cm³/mol. The maximum Gasteiger partial charge on any atom is 0.305 e. The number of hydrogen-bond donors (Lipinski definition) is 1. The van der Waals surface area contributed by atoms with Crippen molar-refractivity contribution >= 4 is 35.1 Å². The number of carbonyl (C=O) groups excluding carboxylic acids is 1. The van der Waals surface area contributed by atoms with Gasteiger partial charge in [-0.2, -0.15) is 0 Å². The summed E-state index contributed by atoms with van der Waals surface area (Å²) in [5.41, 5.74) is 0.889. The van der Waals surface area contributed by atoms with Crippen LogP contribution in [0.3, 0.4) is 0 Å². The maximum atomic E-state index is 12.8. The summed E-state index contributed by atoms with van der Waals surface area (Å²) in [7, 11) is 1.59. The van der Waals surface area contributed by atoms with Gasteiger partial charge in [0, 0.05) is 25.6 Å². The van der Waals surface area contributed by atoms with Gasteiger partial charge in [0.1, 0.15) is 0 Å². The lowest BCUT2D eigenvalue weighted by molar-refractivity contribution is -0.140. The molecule has 130 valence electrons. The molecule has 24 heavy (non-hydrogen) atoms. The number of nitrogens with zero attached hydrogens (tertiary/aromatic N) is 1.